The van der Waals surface area contributed by atoms with Gasteiger partial charge in [0.15, 0.2) is 0 Å². The number of aryl methyl sites for hydroxylation is 2. The maximum absolute atomic E-state index is 13.4. The quantitative estimate of drug-likeness (QED) is 0.683. The molecule has 2 heterocycles. The van der Waals surface area contributed by atoms with Crippen molar-refractivity contribution in [3.8, 4) is 0 Å². The highest BCUT2D eigenvalue weighted by molar-refractivity contribution is 6.30. The molecular weight excluding hydrogens is 434 g/mol. The Morgan fingerprint density at radius 2 is 1.67 bits per heavy atom. The number of nitrogens with zero attached hydrogens (tertiary/aromatic N) is 2. The summed E-state index contributed by atoms with van der Waals surface area (Å²) in [5.74, 6) is -0.103. The summed E-state index contributed by atoms with van der Waals surface area (Å²) in [4.78, 5) is 30.0. The van der Waals surface area contributed by atoms with Gasteiger partial charge in [0.2, 0.25) is 0 Å². The van der Waals surface area contributed by atoms with Gasteiger partial charge in [-0.05, 0) is 104 Å². The number of carbonyl (C=O) groups is 2. The number of hydrogen-bond donors (Lipinski definition) is 1. The first kappa shape index (κ1) is 21.2. The van der Waals surface area contributed by atoms with Crippen molar-refractivity contribution >= 4 is 23.5 Å². The number of benzene rings is 2. The summed E-state index contributed by atoms with van der Waals surface area (Å²) in [6, 6.07) is 14.3. The maximum atomic E-state index is 13.4. The third-order valence-corrected chi connectivity index (χ3v) is 8.84. The number of carbonyl (C=O) groups excluding carboxylic acids is 2. The van der Waals surface area contributed by atoms with E-state index in [0.29, 0.717) is 23.4 Å². The smallest absolute Gasteiger partial charge is 0.319 e. The van der Waals surface area contributed by atoms with E-state index in [1.165, 1.54) is 36.1 Å². The average Bonchev–Trinajstić information content (AvgIpc) is 3.44. The molecule has 2 fully saturated rings. The van der Waals surface area contributed by atoms with Crippen LogP contribution in [0.4, 0.5) is 4.79 Å². The fourth-order valence-electron chi connectivity index (χ4n) is 6.76. The van der Waals surface area contributed by atoms with Crippen LogP contribution in [-0.2, 0) is 28.6 Å². The fraction of sp³-hybridized carbons (Fsp3) is 0.481. The summed E-state index contributed by atoms with van der Waals surface area (Å²) in [5.41, 5.74) is 4.55. The first-order valence-electron chi connectivity index (χ1n) is 12.2. The van der Waals surface area contributed by atoms with E-state index in [2.05, 4.69) is 34.5 Å². The van der Waals surface area contributed by atoms with E-state index in [1.807, 2.05) is 12.1 Å². The fourth-order valence-corrected chi connectivity index (χ4v) is 6.96. The Morgan fingerprint density at radius 1 is 0.879 bits per heavy atom. The molecule has 2 spiro atoms. The summed E-state index contributed by atoms with van der Waals surface area (Å²) >= 11 is 6.13. The van der Waals surface area contributed by atoms with E-state index >= 15 is 0 Å². The summed E-state index contributed by atoms with van der Waals surface area (Å²) in [6.07, 6.45) is 7.07. The topological polar surface area (TPSA) is 52.7 Å². The molecule has 5 nitrogen and oxygen atoms in total. The van der Waals surface area contributed by atoms with Gasteiger partial charge in [0.05, 0.1) is 0 Å². The minimum Gasteiger partial charge on any atom is -0.319 e. The Labute approximate surface area is 200 Å². The van der Waals surface area contributed by atoms with Gasteiger partial charge in [-0.1, -0.05) is 41.9 Å². The molecule has 172 valence electrons. The summed E-state index contributed by atoms with van der Waals surface area (Å²) < 4.78 is 0. The number of likely N-dealkylation sites (tertiary alicyclic amines) is 1. The number of amides is 3. The lowest BCUT2D eigenvalue weighted by atomic mass is 9.74. The van der Waals surface area contributed by atoms with Gasteiger partial charge in [0.25, 0.3) is 5.91 Å². The Hall–Kier alpha value is -2.37. The molecule has 4 aliphatic rings. The van der Waals surface area contributed by atoms with Crippen molar-refractivity contribution in [2.24, 2.45) is 0 Å². The lowest BCUT2D eigenvalue weighted by Crippen LogP contribution is -2.43. The highest BCUT2D eigenvalue weighted by atomic mass is 35.5. The van der Waals surface area contributed by atoms with E-state index in [4.69, 9.17) is 11.6 Å². The van der Waals surface area contributed by atoms with E-state index in [1.54, 1.807) is 11.6 Å². The molecule has 2 aromatic rings. The third-order valence-electron chi connectivity index (χ3n) is 8.60. The molecule has 6 rings (SSSR count). The minimum absolute atomic E-state index is 0.103. The van der Waals surface area contributed by atoms with Crippen molar-refractivity contribution in [1.29, 1.82) is 0 Å². The lowest BCUT2D eigenvalue weighted by Gasteiger charge is -2.40. The first-order chi connectivity index (χ1) is 16.0. The van der Waals surface area contributed by atoms with E-state index in [9.17, 15) is 9.59 Å². The van der Waals surface area contributed by atoms with Crippen LogP contribution in [0.2, 0.25) is 5.02 Å². The molecule has 3 amide bonds. The maximum Gasteiger partial charge on any atom is 0.325 e. The second kappa shape index (κ2) is 7.85. The normalized spacial score (nSPS) is 25.7. The molecule has 0 bridgehead atoms. The average molecular weight is 464 g/mol. The molecular formula is C27H30ClN3O2. The van der Waals surface area contributed by atoms with Crippen LogP contribution >= 0.6 is 11.6 Å². The Morgan fingerprint density at radius 3 is 2.52 bits per heavy atom. The molecule has 2 aliphatic carbocycles. The van der Waals surface area contributed by atoms with Crippen LogP contribution in [0.15, 0.2) is 42.5 Å². The van der Waals surface area contributed by atoms with E-state index in [-0.39, 0.29) is 11.9 Å². The zero-order valence-corrected chi connectivity index (χ0v) is 19.7. The van der Waals surface area contributed by atoms with Crippen LogP contribution in [-0.4, -0.2) is 47.9 Å². The molecule has 6 heteroatoms. The second-order valence-electron chi connectivity index (χ2n) is 10.2. The zero-order valence-electron chi connectivity index (χ0n) is 18.9. The van der Waals surface area contributed by atoms with Crippen LogP contribution < -0.4 is 5.32 Å². The highest BCUT2D eigenvalue weighted by Crippen LogP contribution is 2.46. The van der Waals surface area contributed by atoms with Gasteiger partial charge in [-0.2, -0.15) is 0 Å². The van der Waals surface area contributed by atoms with Crippen molar-refractivity contribution in [2.75, 3.05) is 26.2 Å². The summed E-state index contributed by atoms with van der Waals surface area (Å²) in [6.45, 7) is 3.58. The highest BCUT2D eigenvalue weighted by Gasteiger charge is 2.55. The Balaban J connectivity index is 1.06. The van der Waals surface area contributed by atoms with Crippen LogP contribution in [0.5, 0.6) is 0 Å². The monoisotopic (exact) mass is 463 g/mol. The summed E-state index contributed by atoms with van der Waals surface area (Å²) in [7, 11) is 0. The number of rotatable bonds is 4. The molecule has 1 unspecified atom stereocenters. The Kier molecular flexibility index (Phi) is 5.04. The number of nitrogens with one attached hydrogen (secondary N) is 1. The second-order valence-corrected chi connectivity index (χ2v) is 10.7. The van der Waals surface area contributed by atoms with Crippen LogP contribution in [0.25, 0.3) is 0 Å². The molecule has 2 aliphatic heterocycles. The van der Waals surface area contributed by atoms with Gasteiger partial charge in [-0.3, -0.25) is 9.69 Å². The first-order valence-corrected chi connectivity index (χ1v) is 12.6. The minimum atomic E-state index is -0.898. The molecule has 33 heavy (non-hydrogen) atoms. The predicted octanol–water partition coefficient (Wildman–Crippen LogP) is 4.40. The molecule has 0 aromatic heterocycles. The number of imide groups is 1. The number of piperidine rings is 1. The van der Waals surface area contributed by atoms with Crippen molar-refractivity contribution < 1.29 is 9.59 Å². The van der Waals surface area contributed by atoms with Gasteiger partial charge in [0.1, 0.15) is 5.54 Å². The molecule has 0 saturated carbocycles. The van der Waals surface area contributed by atoms with Gasteiger partial charge in [-0.15, -0.1) is 0 Å². The Bertz CT molecular complexity index is 1120. The van der Waals surface area contributed by atoms with Gasteiger partial charge in [-0.25, -0.2) is 4.79 Å². The van der Waals surface area contributed by atoms with Crippen molar-refractivity contribution in [1.82, 2.24) is 15.1 Å². The van der Waals surface area contributed by atoms with Crippen molar-refractivity contribution in [3.63, 3.8) is 0 Å². The standard InChI is InChI=1S/C27H30ClN3O2/c28-21-6-7-23-20(18-21)9-11-27(23)24(32)31(25(33)29-27)15-3-14-30-16-12-26(13-17-30)10-8-19-4-1-2-5-22(19)26/h1-2,4-7,18H,3,8-17H2,(H,29,33). The number of halogens is 1. The molecule has 2 saturated heterocycles. The largest absolute Gasteiger partial charge is 0.325 e. The third kappa shape index (κ3) is 3.31. The molecule has 1 N–H and O–H groups in total. The number of hydrogen-bond acceptors (Lipinski definition) is 3. The molecule has 2 aromatic carbocycles. The predicted molar refractivity (Wildman–Crippen MR) is 128 cm³/mol. The van der Waals surface area contributed by atoms with E-state index < -0.39 is 5.54 Å². The number of urea groups is 1. The van der Waals surface area contributed by atoms with E-state index in [0.717, 1.165) is 43.6 Å². The molecule has 0 radical (unpaired) electrons. The SMILES string of the molecule is O=C1NC2(CCc3cc(Cl)ccc32)C(=O)N1CCCN1CCC2(CCc3ccccc32)CC1. The summed E-state index contributed by atoms with van der Waals surface area (Å²) in [5, 5.41) is 3.69. The van der Waals surface area contributed by atoms with Crippen LogP contribution in [0.3, 0.4) is 0 Å². The van der Waals surface area contributed by atoms with Gasteiger partial charge < -0.3 is 10.2 Å². The lowest BCUT2D eigenvalue weighted by molar-refractivity contribution is -0.131. The van der Waals surface area contributed by atoms with Gasteiger partial charge >= 0.3 is 6.03 Å². The zero-order chi connectivity index (χ0) is 22.6. The van der Waals surface area contributed by atoms with Crippen LogP contribution in [0.1, 0.15) is 54.4 Å². The van der Waals surface area contributed by atoms with Crippen molar-refractivity contribution in [3.05, 3.63) is 69.7 Å². The number of fused-ring (bicyclic) bond motifs is 4. The van der Waals surface area contributed by atoms with Crippen LogP contribution in [0, 0.1) is 0 Å². The van der Waals surface area contributed by atoms with Crippen molar-refractivity contribution in [2.45, 2.75) is 55.9 Å². The van der Waals surface area contributed by atoms with Gasteiger partial charge in [0, 0.05) is 11.6 Å². The molecule has 1 atom stereocenters.